The third-order valence-corrected chi connectivity index (χ3v) is 3.43. The molecule has 3 aromatic rings. The third kappa shape index (κ3) is 3.03. The van der Waals surface area contributed by atoms with E-state index in [9.17, 15) is 4.39 Å². The predicted molar refractivity (Wildman–Crippen MR) is 82.2 cm³/mol. The highest BCUT2D eigenvalue weighted by Gasteiger charge is 2.14. The van der Waals surface area contributed by atoms with Gasteiger partial charge in [-0.05, 0) is 25.0 Å². The van der Waals surface area contributed by atoms with Crippen LogP contribution < -0.4 is 4.74 Å². The van der Waals surface area contributed by atoms with E-state index in [-0.39, 0.29) is 11.7 Å². The minimum absolute atomic E-state index is 0.102. The van der Waals surface area contributed by atoms with Crippen LogP contribution in [0.1, 0.15) is 31.0 Å². The SMILES string of the molecule is Cc1c(Oc2ccc(-n3cncn3)cc2F)ncnc1C(C)C. The molecule has 3 rings (SSSR count). The van der Waals surface area contributed by atoms with Crippen LogP contribution in [0.5, 0.6) is 11.6 Å². The van der Waals surface area contributed by atoms with E-state index in [1.807, 2.05) is 20.8 Å². The zero-order chi connectivity index (χ0) is 16.4. The van der Waals surface area contributed by atoms with Crippen LogP contribution >= 0.6 is 0 Å². The Balaban J connectivity index is 1.91. The maximum atomic E-state index is 14.3. The lowest BCUT2D eigenvalue weighted by atomic mass is 10.1. The molecule has 0 spiro atoms. The zero-order valence-corrected chi connectivity index (χ0v) is 13.1. The van der Waals surface area contributed by atoms with Crippen LogP contribution in [0.2, 0.25) is 0 Å². The maximum absolute atomic E-state index is 14.3. The van der Waals surface area contributed by atoms with E-state index in [4.69, 9.17) is 4.74 Å². The predicted octanol–water partition coefficient (Wildman–Crippen LogP) is 3.42. The fourth-order valence-corrected chi connectivity index (χ4v) is 2.29. The van der Waals surface area contributed by atoms with Crippen molar-refractivity contribution in [1.82, 2.24) is 24.7 Å². The zero-order valence-electron chi connectivity index (χ0n) is 13.1. The normalized spacial score (nSPS) is 11.0. The molecule has 23 heavy (non-hydrogen) atoms. The molecule has 0 saturated heterocycles. The van der Waals surface area contributed by atoms with Gasteiger partial charge < -0.3 is 4.74 Å². The molecular formula is C16H16FN5O. The van der Waals surface area contributed by atoms with Gasteiger partial charge in [-0.3, -0.25) is 0 Å². The Bertz CT molecular complexity index is 817. The molecule has 118 valence electrons. The highest BCUT2D eigenvalue weighted by Crippen LogP contribution is 2.29. The summed E-state index contributed by atoms with van der Waals surface area (Å²) in [5, 5.41) is 3.96. The summed E-state index contributed by atoms with van der Waals surface area (Å²) in [6, 6.07) is 4.58. The Morgan fingerprint density at radius 2 is 2.00 bits per heavy atom. The first kappa shape index (κ1) is 15.1. The molecule has 0 saturated carbocycles. The van der Waals surface area contributed by atoms with E-state index in [0.29, 0.717) is 11.6 Å². The van der Waals surface area contributed by atoms with Crippen molar-refractivity contribution in [1.29, 1.82) is 0 Å². The number of hydrogen-bond donors (Lipinski definition) is 0. The van der Waals surface area contributed by atoms with Gasteiger partial charge in [-0.15, -0.1) is 0 Å². The molecule has 0 aliphatic rings. The summed E-state index contributed by atoms with van der Waals surface area (Å²) in [6.45, 7) is 5.94. The summed E-state index contributed by atoms with van der Waals surface area (Å²) in [4.78, 5) is 12.2. The first-order chi connectivity index (χ1) is 11.1. The quantitative estimate of drug-likeness (QED) is 0.738. The Hall–Kier alpha value is -2.83. The number of ether oxygens (including phenoxy) is 1. The van der Waals surface area contributed by atoms with Crippen LogP contribution in [0, 0.1) is 12.7 Å². The third-order valence-electron chi connectivity index (χ3n) is 3.43. The average Bonchev–Trinajstić information content (AvgIpc) is 3.05. The Morgan fingerprint density at radius 1 is 1.17 bits per heavy atom. The van der Waals surface area contributed by atoms with Crippen molar-refractivity contribution in [2.75, 3.05) is 0 Å². The minimum Gasteiger partial charge on any atom is -0.436 e. The van der Waals surface area contributed by atoms with Crippen molar-refractivity contribution >= 4 is 0 Å². The van der Waals surface area contributed by atoms with Gasteiger partial charge in [0.1, 0.15) is 19.0 Å². The summed E-state index contributed by atoms with van der Waals surface area (Å²) in [7, 11) is 0. The first-order valence-electron chi connectivity index (χ1n) is 7.20. The molecular weight excluding hydrogens is 297 g/mol. The number of rotatable bonds is 4. The molecule has 0 bridgehead atoms. The van der Waals surface area contributed by atoms with Gasteiger partial charge in [0.15, 0.2) is 11.6 Å². The summed E-state index contributed by atoms with van der Waals surface area (Å²) in [5.41, 5.74) is 2.26. The Morgan fingerprint density at radius 3 is 2.65 bits per heavy atom. The van der Waals surface area contributed by atoms with E-state index in [0.717, 1.165) is 11.3 Å². The molecule has 6 nitrogen and oxygen atoms in total. The summed E-state index contributed by atoms with van der Waals surface area (Å²) >= 11 is 0. The smallest absolute Gasteiger partial charge is 0.225 e. The van der Waals surface area contributed by atoms with E-state index in [2.05, 4.69) is 20.1 Å². The highest BCUT2D eigenvalue weighted by atomic mass is 19.1. The molecule has 2 heterocycles. The van der Waals surface area contributed by atoms with Crippen LogP contribution in [0.15, 0.2) is 37.2 Å². The Kier molecular flexibility index (Phi) is 4.01. The van der Waals surface area contributed by atoms with Gasteiger partial charge in [-0.25, -0.2) is 24.0 Å². The van der Waals surface area contributed by atoms with Gasteiger partial charge >= 0.3 is 0 Å². The van der Waals surface area contributed by atoms with Gasteiger partial charge in [-0.2, -0.15) is 5.10 Å². The summed E-state index contributed by atoms with van der Waals surface area (Å²) < 4.78 is 21.4. The van der Waals surface area contributed by atoms with Crippen LogP contribution in [-0.4, -0.2) is 24.7 Å². The molecule has 0 radical (unpaired) electrons. The number of nitrogens with zero attached hydrogens (tertiary/aromatic N) is 5. The second kappa shape index (κ2) is 6.12. The fraction of sp³-hybridized carbons (Fsp3) is 0.250. The van der Waals surface area contributed by atoms with Gasteiger partial charge in [0, 0.05) is 11.6 Å². The van der Waals surface area contributed by atoms with Crippen molar-refractivity contribution in [3.8, 4) is 17.3 Å². The second-order valence-electron chi connectivity index (χ2n) is 5.40. The van der Waals surface area contributed by atoms with Gasteiger partial charge in [0.25, 0.3) is 0 Å². The van der Waals surface area contributed by atoms with Crippen molar-refractivity contribution in [2.45, 2.75) is 26.7 Å². The van der Waals surface area contributed by atoms with Crippen molar-refractivity contribution in [3.05, 3.63) is 54.3 Å². The maximum Gasteiger partial charge on any atom is 0.225 e. The molecule has 0 aliphatic heterocycles. The topological polar surface area (TPSA) is 65.7 Å². The molecule has 0 fully saturated rings. The molecule has 0 N–H and O–H groups in total. The van der Waals surface area contributed by atoms with Gasteiger partial charge in [0.05, 0.1) is 11.4 Å². The van der Waals surface area contributed by atoms with Crippen molar-refractivity contribution < 1.29 is 9.13 Å². The number of halogens is 1. The lowest BCUT2D eigenvalue weighted by Crippen LogP contribution is -2.02. The number of aromatic nitrogens is 5. The van der Waals surface area contributed by atoms with Gasteiger partial charge in [-0.1, -0.05) is 13.8 Å². The van der Waals surface area contributed by atoms with Crippen LogP contribution in [0.4, 0.5) is 4.39 Å². The van der Waals surface area contributed by atoms with E-state index in [1.165, 1.54) is 29.7 Å². The van der Waals surface area contributed by atoms with Crippen molar-refractivity contribution in [3.63, 3.8) is 0 Å². The molecule has 0 atom stereocenters. The van der Waals surface area contributed by atoms with Crippen LogP contribution in [-0.2, 0) is 0 Å². The molecule has 1 aromatic carbocycles. The summed E-state index contributed by atoms with van der Waals surface area (Å²) in [5.74, 6) is 0.198. The van der Waals surface area contributed by atoms with Gasteiger partial charge in [0.2, 0.25) is 5.88 Å². The van der Waals surface area contributed by atoms with Crippen molar-refractivity contribution in [2.24, 2.45) is 0 Å². The Labute approximate surface area is 133 Å². The highest BCUT2D eigenvalue weighted by molar-refractivity contribution is 5.40. The largest absolute Gasteiger partial charge is 0.436 e. The number of hydrogen-bond acceptors (Lipinski definition) is 5. The second-order valence-corrected chi connectivity index (χ2v) is 5.40. The lowest BCUT2D eigenvalue weighted by molar-refractivity contribution is 0.421. The molecule has 7 heteroatoms. The van der Waals surface area contributed by atoms with E-state index >= 15 is 0 Å². The molecule has 0 aliphatic carbocycles. The fourth-order valence-electron chi connectivity index (χ4n) is 2.29. The lowest BCUT2D eigenvalue weighted by Gasteiger charge is -2.13. The van der Waals surface area contributed by atoms with E-state index in [1.54, 1.807) is 12.1 Å². The molecule has 0 unspecified atom stereocenters. The van der Waals surface area contributed by atoms with Crippen LogP contribution in [0.3, 0.4) is 0 Å². The average molecular weight is 313 g/mol. The van der Waals surface area contributed by atoms with E-state index < -0.39 is 5.82 Å². The molecule has 0 amide bonds. The first-order valence-corrected chi connectivity index (χ1v) is 7.20. The summed E-state index contributed by atoms with van der Waals surface area (Å²) in [6.07, 6.45) is 4.32. The minimum atomic E-state index is -0.498. The monoisotopic (exact) mass is 313 g/mol. The molecule has 2 aromatic heterocycles. The number of benzene rings is 1. The standard InChI is InChI=1S/C16H16FN5O/c1-10(2)15-11(3)16(20-8-19-15)23-14-5-4-12(6-13(14)17)22-9-18-7-21-22/h4-10H,1-3H3. The van der Waals surface area contributed by atoms with Crippen LogP contribution in [0.25, 0.3) is 5.69 Å².